The molecule has 0 saturated heterocycles. The summed E-state index contributed by atoms with van der Waals surface area (Å²) in [7, 11) is 4.01. The van der Waals surface area contributed by atoms with Crippen LogP contribution in [0.1, 0.15) is 0 Å². The first kappa shape index (κ1) is 9.86. The third-order valence-corrected chi connectivity index (χ3v) is 1.80. The van der Waals surface area contributed by atoms with E-state index < -0.39 is 0 Å². The number of aliphatic hydroxyl groups excluding tert-OH is 1. The lowest BCUT2D eigenvalue weighted by Gasteiger charge is -2.13. The minimum atomic E-state index is 0.159. The molecule has 0 aromatic heterocycles. The number of hydrogen-bond acceptors (Lipinski definition) is 3. The number of rotatable bonds is 4. The summed E-state index contributed by atoms with van der Waals surface area (Å²) in [5, 5.41) is 11.7. The lowest BCUT2D eigenvalue weighted by Crippen LogP contribution is -2.10. The quantitative estimate of drug-likeness (QED) is 0.729. The lowest BCUT2D eigenvalue weighted by molar-refractivity contribution is 0.311. The lowest BCUT2D eigenvalue weighted by atomic mass is 10.2. The van der Waals surface area contributed by atoms with Gasteiger partial charge in [-0.05, 0) is 18.2 Å². The molecule has 1 rings (SSSR count). The third kappa shape index (κ3) is 2.95. The second-order valence-electron chi connectivity index (χ2n) is 3.10. The summed E-state index contributed by atoms with van der Waals surface area (Å²) in [5.41, 5.74) is 2.20. The molecule has 2 N–H and O–H groups in total. The van der Waals surface area contributed by atoms with Crippen LogP contribution in [0.3, 0.4) is 0 Å². The van der Waals surface area contributed by atoms with Gasteiger partial charge in [-0.3, -0.25) is 0 Å². The summed E-state index contributed by atoms with van der Waals surface area (Å²) in [6.45, 7) is 0.753. The minimum Gasteiger partial charge on any atom is -0.395 e. The van der Waals surface area contributed by atoms with Crippen molar-refractivity contribution >= 4 is 11.4 Å². The second-order valence-corrected chi connectivity index (χ2v) is 3.10. The molecule has 0 bridgehead atoms. The molecule has 3 nitrogen and oxygen atoms in total. The third-order valence-electron chi connectivity index (χ3n) is 1.80. The Labute approximate surface area is 79.0 Å². The Kier molecular flexibility index (Phi) is 3.58. The Morgan fingerprint density at radius 2 is 2.15 bits per heavy atom. The number of nitrogens with zero attached hydrogens (tertiary/aromatic N) is 1. The zero-order chi connectivity index (χ0) is 9.68. The van der Waals surface area contributed by atoms with Gasteiger partial charge in [0, 0.05) is 32.0 Å². The first-order valence-corrected chi connectivity index (χ1v) is 4.36. The van der Waals surface area contributed by atoms with Gasteiger partial charge in [0.1, 0.15) is 0 Å². The standard InChI is InChI=1S/C10H16N2O/c1-12(2)10-5-3-4-9(8-10)11-6-7-13/h3-5,8,11,13H,6-7H2,1-2H3. The highest BCUT2D eigenvalue weighted by molar-refractivity contribution is 5.57. The van der Waals surface area contributed by atoms with Crippen molar-refractivity contribution in [1.29, 1.82) is 0 Å². The van der Waals surface area contributed by atoms with Gasteiger partial charge in [-0.25, -0.2) is 0 Å². The van der Waals surface area contributed by atoms with Crippen molar-refractivity contribution in [3.63, 3.8) is 0 Å². The van der Waals surface area contributed by atoms with Crippen molar-refractivity contribution in [3.05, 3.63) is 24.3 Å². The summed E-state index contributed by atoms with van der Waals surface area (Å²) in [6.07, 6.45) is 0. The van der Waals surface area contributed by atoms with Gasteiger partial charge in [0.05, 0.1) is 6.61 Å². The summed E-state index contributed by atoms with van der Waals surface area (Å²) in [6, 6.07) is 8.08. The van der Waals surface area contributed by atoms with E-state index >= 15 is 0 Å². The molecule has 0 heterocycles. The van der Waals surface area contributed by atoms with Crippen molar-refractivity contribution in [2.75, 3.05) is 37.5 Å². The Bertz CT molecular complexity index is 261. The molecule has 0 fully saturated rings. The van der Waals surface area contributed by atoms with E-state index in [1.807, 2.05) is 37.2 Å². The molecule has 72 valence electrons. The maximum absolute atomic E-state index is 8.63. The fourth-order valence-corrected chi connectivity index (χ4v) is 1.09. The SMILES string of the molecule is CN(C)c1cccc(NCCO)c1. The van der Waals surface area contributed by atoms with Gasteiger partial charge in [0.15, 0.2) is 0 Å². The molecule has 3 heteroatoms. The molecule has 0 unspecified atom stereocenters. The van der Waals surface area contributed by atoms with E-state index in [1.165, 1.54) is 0 Å². The molecule has 0 radical (unpaired) electrons. The van der Waals surface area contributed by atoms with Crippen LogP contribution in [0.25, 0.3) is 0 Å². The topological polar surface area (TPSA) is 35.5 Å². The zero-order valence-electron chi connectivity index (χ0n) is 8.12. The van der Waals surface area contributed by atoms with Crippen molar-refractivity contribution in [3.8, 4) is 0 Å². The van der Waals surface area contributed by atoms with Crippen LogP contribution in [-0.2, 0) is 0 Å². The fraction of sp³-hybridized carbons (Fsp3) is 0.400. The monoisotopic (exact) mass is 180 g/mol. The van der Waals surface area contributed by atoms with Crippen LogP contribution in [0.2, 0.25) is 0 Å². The number of anilines is 2. The highest BCUT2D eigenvalue weighted by atomic mass is 16.3. The maximum atomic E-state index is 8.63. The normalized spacial score (nSPS) is 9.77. The largest absolute Gasteiger partial charge is 0.395 e. The molecule has 0 spiro atoms. The van der Waals surface area contributed by atoms with Crippen molar-refractivity contribution in [1.82, 2.24) is 0 Å². The van der Waals surface area contributed by atoms with Crippen molar-refractivity contribution in [2.45, 2.75) is 0 Å². The van der Waals surface area contributed by atoms with Gasteiger partial charge in [0.25, 0.3) is 0 Å². The van der Waals surface area contributed by atoms with Crippen LogP contribution in [0.5, 0.6) is 0 Å². The molecule has 13 heavy (non-hydrogen) atoms. The van der Waals surface area contributed by atoms with Crippen LogP contribution in [0, 0.1) is 0 Å². The van der Waals surface area contributed by atoms with Gasteiger partial charge < -0.3 is 15.3 Å². The Morgan fingerprint density at radius 1 is 1.38 bits per heavy atom. The van der Waals surface area contributed by atoms with Crippen LogP contribution >= 0.6 is 0 Å². The average Bonchev–Trinajstić information content (AvgIpc) is 2.15. The summed E-state index contributed by atoms with van der Waals surface area (Å²) in [4.78, 5) is 2.05. The summed E-state index contributed by atoms with van der Waals surface area (Å²) < 4.78 is 0. The van der Waals surface area contributed by atoms with E-state index in [0.29, 0.717) is 6.54 Å². The Balaban J connectivity index is 2.68. The second kappa shape index (κ2) is 4.72. The number of nitrogens with one attached hydrogen (secondary N) is 1. The van der Waals surface area contributed by atoms with E-state index in [-0.39, 0.29) is 6.61 Å². The molecular weight excluding hydrogens is 164 g/mol. The average molecular weight is 180 g/mol. The van der Waals surface area contributed by atoms with Crippen LogP contribution < -0.4 is 10.2 Å². The van der Waals surface area contributed by atoms with E-state index in [0.717, 1.165) is 11.4 Å². The van der Waals surface area contributed by atoms with Gasteiger partial charge >= 0.3 is 0 Å². The van der Waals surface area contributed by atoms with E-state index in [9.17, 15) is 0 Å². The summed E-state index contributed by atoms with van der Waals surface area (Å²) in [5.74, 6) is 0. The Hall–Kier alpha value is -1.22. The van der Waals surface area contributed by atoms with Crippen molar-refractivity contribution in [2.24, 2.45) is 0 Å². The summed E-state index contributed by atoms with van der Waals surface area (Å²) >= 11 is 0. The van der Waals surface area contributed by atoms with Gasteiger partial charge in [-0.1, -0.05) is 6.07 Å². The van der Waals surface area contributed by atoms with E-state index in [2.05, 4.69) is 11.4 Å². The predicted molar refractivity (Wildman–Crippen MR) is 56.3 cm³/mol. The molecule has 0 aliphatic rings. The predicted octanol–water partition coefficient (Wildman–Crippen LogP) is 1.16. The van der Waals surface area contributed by atoms with Gasteiger partial charge in [0.2, 0.25) is 0 Å². The van der Waals surface area contributed by atoms with Gasteiger partial charge in [-0.15, -0.1) is 0 Å². The van der Waals surface area contributed by atoms with Crippen molar-refractivity contribution < 1.29 is 5.11 Å². The molecule has 0 aliphatic heterocycles. The number of benzene rings is 1. The van der Waals surface area contributed by atoms with E-state index in [1.54, 1.807) is 0 Å². The highest BCUT2D eigenvalue weighted by Crippen LogP contribution is 2.16. The molecule has 0 aliphatic carbocycles. The number of aliphatic hydroxyl groups is 1. The first-order chi connectivity index (χ1) is 6.24. The van der Waals surface area contributed by atoms with Crippen LogP contribution in [0.4, 0.5) is 11.4 Å². The van der Waals surface area contributed by atoms with Crippen LogP contribution in [-0.4, -0.2) is 32.4 Å². The molecule has 1 aromatic carbocycles. The molecule has 0 amide bonds. The van der Waals surface area contributed by atoms with Gasteiger partial charge in [-0.2, -0.15) is 0 Å². The Morgan fingerprint density at radius 3 is 2.77 bits per heavy atom. The molecule has 1 aromatic rings. The minimum absolute atomic E-state index is 0.159. The van der Waals surface area contributed by atoms with E-state index in [4.69, 9.17) is 5.11 Å². The smallest absolute Gasteiger partial charge is 0.0604 e. The maximum Gasteiger partial charge on any atom is 0.0604 e. The molecule has 0 saturated carbocycles. The zero-order valence-corrected chi connectivity index (χ0v) is 8.12. The highest BCUT2D eigenvalue weighted by Gasteiger charge is 1.95. The molecular formula is C10H16N2O. The molecule has 0 atom stereocenters. The fourth-order valence-electron chi connectivity index (χ4n) is 1.09. The number of hydrogen-bond donors (Lipinski definition) is 2. The first-order valence-electron chi connectivity index (χ1n) is 4.36. The van der Waals surface area contributed by atoms with Crippen LogP contribution in [0.15, 0.2) is 24.3 Å².